The predicted octanol–water partition coefficient (Wildman–Crippen LogP) is 2.92. The zero-order chi connectivity index (χ0) is 16.5. The van der Waals surface area contributed by atoms with Gasteiger partial charge in [0.05, 0.1) is 0 Å². The number of halogens is 1. The lowest BCUT2D eigenvalue weighted by molar-refractivity contribution is 0.0690. The highest BCUT2D eigenvalue weighted by Crippen LogP contribution is 2.37. The Morgan fingerprint density at radius 2 is 1.88 bits per heavy atom. The molecule has 6 heteroatoms. The van der Waals surface area contributed by atoms with Crippen molar-refractivity contribution in [2.75, 3.05) is 13.1 Å². The molecule has 1 N–H and O–H groups in total. The van der Waals surface area contributed by atoms with E-state index in [2.05, 4.69) is 15.2 Å². The molecule has 1 amide bonds. The molecule has 1 aliphatic carbocycles. The van der Waals surface area contributed by atoms with Gasteiger partial charge in [0, 0.05) is 31.0 Å². The highest BCUT2D eigenvalue weighted by atomic mass is 19.1. The smallest absolute Gasteiger partial charge is 0.253 e. The van der Waals surface area contributed by atoms with Crippen LogP contribution in [0, 0.1) is 11.7 Å². The lowest BCUT2D eigenvalue weighted by Crippen LogP contribution is -2.39. The second-order valence-corrected chi connectivity index (χ2v) is 6.86. The van der Waals surface area contributed by atoms with Crippen LogP contribution in [0.25, 0.3) is 0 Å². The van der Waals surface area contributed by atoms with Crippen molar-refractivity contribution in [3.05, 3.63) is 47.3 Å². The fourth-order valence-electron chi connectivity index (χ4n) is 3.31. The summed E-state index contributed by atoms with van der Waals surface area (Å²) in [6.45, 7) is 1.48. The molecular formula is C18H21FN4O. The Morgan fingerprint density at radius 3 is 2.54 bits per heavy atom. The Morgan fingerprint density at radius 1 is 1.17 bits per heavy atom. The van der Waals surface area contributed by atoms with E-state index in [0.29, 0.717) is 17.4 Å². The second kappa shape index (κ2) is 6.34. The van der Waals surface area contributed by atoms with Crippen LogP contribution in [0.3, 0.4) is 0 Å². The van der Waals surface area contributed by atoms with Gasteiger partial charge in [0.1, 0.15) is 11.6 Å². The van der Waals surface area contributed by atoms with Gasteiger partial charge >= 0.3 is 0 Å². The molecule has 1 aromatic carbocycles. The number of amides is 1. The number of carbonyl (C=O) groups is 1. The minimum Gasteiger partial charge on any atom is -0.339 e. The Hall–Kier alpha value is -2.24. The topological polar surface area (TPSA) is 61.9 Å². The SMILES string of the molecule is O=C(c1ccc(F)cc1)N1CCC(Cc2nc(C3CC3)n[nH]2)CC1. The zero-order valence-electron chi connectivity index (χ0n) is 13.5. The van der Waals surface area contributed by atoms with Crippen LogP contribution in [0.15, 0.2) is 24.3 Å². The van der Waals surface area contributed by atoms with Gasteiger partial charge in [-0.1, -0.05) is 0 Å². The highest BCUT2D eigenvalue weighted by Gasteiger charge is 2.29. The summed E-state index contributed by atoms with van der Waals surface area (Å²) in [5.74, 6) is 2.72. The molecule has 1 saturated carbocycles. The molecule has 0 unspecified atom stereocenters. The fraction of sp³-hybridized carbons (Fsp3) is 0.500. The van der Waals surface area contributed by atoms with E-state index in [0.717, 1.165) is 44.0 Å². The largest absolute Gasteiger partial charge is 0.339 e. The minimum absolute atomic E-state index is 0.0101. The molecule has 4 rings (SSSR count). The van der Waals surface area contributed by atoms with Gasteiger partial charge in [-0.25, -0.2) is 9.37 Å². The van der Waals surface area contributed by atoms with E-state index < -0.39 is 0 Å². The van der Waals surface area contributed by atoms with Crippen LogP contribution in [0.1, 0.15) is 53.6 Å². The number of hydrogen-bond acceptors (Lipinski definition) is 3. The summed E-state index contributed by atoms with van der Waals surface area (Å²) in [6, 6.07) is 5.78. The average molecular weight is 328 g/mol. The molecule has 2 aromatic rings. The Labute approximate surface area is 140 Å². The van der Waals surface area contributed by atoms with Crippen LogP contribution in [-0.4, -0.2) is 39.1 Å². The van der Waals surface area contributed by atoms with Crippen molar-refractivity contribution in [2.45, 2.75) is 38.0 Å². The Kier molecular flexibility index (Phi) is 4.04. The number of nitrogens with zero attached hydrogens (tertiary/aromatic N) is 3. The number of aromatic amines is 1. The normalized spacial score (nSPS) is 18.8. The molecule has 1 saturated heterocycles. The van der Waals surface area contributed by atoms with Gasteiger partial charge < -0.3 is 4.90 Å². The van der Waals surface area contributed by atoms with Crippen molar-refractivity contribution in [3.63, 3.8) is 0 Å². The van der Waals surface area contributed by atoms with E-state index in [9.17, 15) is 9.18 Å². The zero-order valence-corrected chi connectivity index (χ0v) is 13.5. The number of likely N-dealkylation sites (tertiary alicyclic amines) is 1. The van der Waals surface area contributed by atoms with Gasteiger partial charge in [-0.05, 0) is 55.9 Å². The molecule has 24 heavy (non-hydrogen) atoms. The van der Waals surface area contributed by atoms with Gasteiger partial charge in [0.2, 0.25) is 0 Å². The van der Waals surface area contributed by atoms with Gasteiger partial charge in [-0.15, -0.1) is 0 Å². The van der Waals surface area contributed by atoms with Crippen molar-refractivity contribution >= 4 is 5.91 Å². The summed E-state index contributed by atoms with van der Waals surface area (Å²) in [5, 5.41) is 7.36. The number of H-pyrrole nitrogens is 1. The summed E-state index contributed by atoms with van der Waals surface area (Å²) >= 11 is 0. The summed E-state index contributed by atoms with van der Waals surface area (Å²) < 4.78 is 13.0. The first-order valence-corrected chi connectivity index (χ1v) is 8.65. The molecule has 5 nitrogen and oxygen atoms in total. The molecule has 126 valence electrons. The van der Waals surface area contributed by atoms with E-state index in [1.54, 1.807) is 12.1 Å². The van der Waals surface area contributed by atoms with E-state index in [-0.39, 0.29) is 11.7 Å². The third-order valence-corrected chi connectivity index (χ3v) is 4.97. The summed E-state index contributed by atoms with van der Waals surface area (Å²) in [4.78, 5) is 18.9. The molecule has 0 radical (unpaired) electrons. The third kappa shape index (κ3) is 3.32. The lowest BCUT2D eigenvalue weighted by atomic mass is 9.93. The number of nitrogens with one attached hydrogen (secondary N) is 1. The van der Waals surface area contributed by atoms with E-state index in [1.807, 2.05) is 4.90 Å². The van der Waals surface area contributed by atoms with Crippen molar-refractivity contribution in [1.82, 2.24) is 20.1 Å². The van der Waals surface area contributed by atoms with Crippen LogP contribution in [0.2, 0.25) is 0 Å². The fourth-order valence-corrected chi connectivity index (χ4v) is 3.31. The quantitative estimate of drug-likeness (QED) is 0.939. The maximum Gasteiger partial charge on any atom is 0.253 e. The van der Waals surface area contributed by atoms with Gasteiger partial charge in [0.25, 0.3) is 5.91 Å². The van der Waals surface area contributed by atoms with Gasteiger partial charge in [0.15, 0.2) is 5.82 Å². The first kappa shape index (κ1) is 15.3. The predicted molar refractivity (Wildman–Crippen MR) is 87.1 cm³/mol. The first-order valence-electron chi connectivity index (χ1n) is 8.65. The molecule has 0 bridgehead atoms. The van der Waals surface area contributed by atoms with Crippen LogP contribution in [0.5, 0.6) is 0 Å². The molecule has 2 fully saturated rings. The van der Waals surface area contributed by atoms with Crippen molar-refractivity contribution in [1.29, 1.82) is 0 Å². The molecule has 0 spiro atoms. The number of aromatic nitrogens is 3. The molecule has 2 aliphatic rings. The van der Waals surface area contributed by atoms with Crippen molar-refractivity contribution < 1.29 is 9.18 Å². The molecule has 1 aromatic heterocycles. The molecule has 0 atom stereocenters. The monoisotopic (exact) mass is 328 g/mol. The third-order valence-electron chi connectivity index (χ3n) is 4.97. The van der Waals surface area contributed by atoms with E-state index in [4.69, 9.17) is 0 Å². The molecule has 2 heterocycles. The van der Waals surface area contributed by atoms with Crippen LogP contribution >= 0.6 is 0 Å². The van der Waals surface area contributed by atoms with Gasteiger partial charge in [-0.3, -0.25) is 9.89 Å². The minimum atomic E-state index is -0.317. The van der Waals surface area contributed by atoms with Crippen molar-refractivity contribution in [2.24, 2.45) is 5.92 Å². The van der Waals surface area contributed by atoms with E-state index in [1.165, 1.54) is 25.0 Å². The summed E-state index contributed by atoms with van der Waals surface area (Å²) in [6.07, 6.45) is 5.25. The lowest BCUT2D eigenvalue weighted by Gasteiger charge is -2.31. The maximum absolute atomic E-state index is 13.0. The summed E-state index contributed by atoms with van der Waals surface area (Å²) in [5.41, 5.74) is 0.555. The van der Waals surface area contributed by atoms with Crippen LogP contribution in [-0.2, 0) is 6.42 Å². The van der Waals surface area contributed by atoms with Gasteiger partial charge in [-0.2, -0.15) is 5.10 Å². The van der Waals surface area contributed by atoms with Crippen molar-refractivity contribution in [3.8, 4) is 0 Å². The van der Waals surface area contributed by atoms with E-state index >= 15 is 0 Å². The number of benzene rings is 1. The van der Waals surface area contributed by atoms with Crippen LogP contribution < -0.4 is 0 Å². The number of piperidine rings is 1. The molecule has 1 aliphatic heterocycles. The molecular weight excluding hydrogens is 307 g/mol. The Balaban J connectivity index is 1.30. The number of carbonyl (C=O) groups excluding carboxylic acids is 1. The summed E-state index contributed by atoms with van der Waals surface area (Å²) in [7, 11) is 0. The maximum atomic E-state index is 13.0. The first-order chi connectivity index (χ1) is 11.7. The average Bonchev–Trinajstić information content (AvgIpc) is 3.36. The number of rotatable bonds is 4. The second-order valence-electron chi connectivity index (χ2n) is 6.86. The highest BCUT2D eigenvalue weighted by molar-refractivity contribution is 5.94. The standard InChI is InChI=1S/C18H21FN4O/c19-15-5-3-14(4-6-15)18(24)23-9-7-12(8-10-23)11-16-20-17(22-21-16)13-1-2-13/h3-6,12-13H,1-2,7-11H2,(H,20,21,22). The Bertz CT molecular complexity index is 715. The number of hydrogen-bond donors (Lipinski definition) is 1. The van der Waals surface area contributed by atoms with Crippen LogP contribution in [0.4, 0.5) is 4.39 Å².